The van der Waals surface area contributed by atoms with Gasteiger partial charge >= 0.3 is 0 Å². The first-order chi connectivity index (χ1) is 7.29. The van der Waals surface area contributed by atoms with Crippen molar-refractivity contribution in [1.82, 2.24) is 10.2 Å². The highest BCUT2D eigenvalue weighted by molar-refractivity contribution is 5.79. The SMILES string of the molecule is O=CN1CCCC(C(=O)NCC2CC2)C1. The van der Waals surface area contributed by atoms with Gasteiger partial charge in [0.05, 0.1) is 5.92 Å². The molecule has 84 valence electrons. The van der Waals surface area contributed by atoms with Gasteiger partial charge in [0, 0.05) is 19.6 Å². The second-order valence-electron chi connectivity index (χ2n) is 4.63. The third-order valence-electron chi connectivity index (χ3n) is 3.23. The highest BCUT2D eigenvalue weighted by Gasteiger charge is 2.27. The summed E-state index contributed by atoms with van der Waals surface area (Å²) in [5.41, 5.74) is 0. The Hall–Kier alpha value is -1.06. The van der Waals surface area contributed by atoms with Crippen LogP contribution in [0.4, 0.5) is 0 Å². The molecule has 1 heterocycles. The summed E-state index contributed by atoms with van der Waals surface area (Å²) in [6, 6.07) is 0. The predicted molar refractivity (Wildman–Crippen MR) is 56.1 cm³/mol. The van der Waals surface area contributed by atoms with E-state index in [4.69, 9.17) is 0 Å². The van der Waals surface area contributed by atoms with Crippen LogP contribution in [0.25, 0.3) is 0 Å². The van der Waals surface area contributed by atoms with Crippen molar-refractivity contribution in [2.75, 3.05) is 19.6 Å². The van der Waals surface area contributed by atoms with Crippen molar-refractivity contribution in [2.24, 2.45) is 11.8 Å². The molecule has 1 atom stereocenters. The fraction of sp³-hybridized carbons (Fsp3) is 0.818. The van der Waals surface area contributed by atoms with Crippen LogP contribution < -0.4 is 5.32 Å². The molecule has 0 aromatic heterocycles. The lowest BCUT2D eigenvalue weighted by molar-refractivity contribution is -0.128. The molecule has 1 aliphatic heterocycles. The minimum Gasteiger partial charge on any atom is -0.356 e. The predicted octanol–water partition coefficient (Wildman–Crippen LogP) is 0.381. The third kappa shape index (κ3) is 2.94. The summed E-state index contributed by atoms with van der Waals surface area (Å²) in [6.07, 6.45) is 5.22. The molecule has 2 aliphatic rings. The molecule has 2 fully saturated rings. The average molecular weight is 210 g/mol. The Morgan fingerprint density at radius 3 is 2.87 bits per heavy atom. The van der Waals surface area contributed by atoms with Crippen molar-refractivity contribution in [2.45, 2.75) is 25.7 Å². The topological polar surface area (TPSA) is 49.4 Å². The maximum absolute atomic E-state index is 11.7. The van der Waals surface area contributed by atoms with Crippen LogP contribution in [0.15, 0.2) is 0 Å². The Kier molecular flexibility index (Phi) is 3.23. The van der Waals surface area contributed by atoms with E-state index in [9.17, 15) is 9.59 Å². The molecular weight excluding hydrogens is 192 g/mol. The Morgan fingerprint density at radius 1 is 1.40 bits per heavy atom. The number of carbonyl (C=O) groups excluding carboxylic acids is 2. The van der Waals surface area contributed by atoms with E-state index in [0.29, 0.717) is 6.54 Å². The van der Waals surface area contributed by atoms with E-state index in [1.54, 1.807) is 4.90 Å². The zero-order chi connectivity index (χ0) is 10.7. The van der Waals surface area contributed by atoms with Gasteiger partial charge in [-0.1, -0.05) is 0 Å². The molecule has 1 saturated carbocycles. The van der Waals surface area contributed by atoms with Gasteiger partial charge in [0.15, 0.2) is 0 Å². The Labute approximate surface area is 90.0 Å². The lowest BCUT2D eigenvalue weighted by Crippen LogP contribution is -2.42. The van der Waals surface area contributed by atoms with E-state index in [-0.39, 0.29) is 11.8 Å². The second kappa shape index (κ2) is 4.64. The van der Waals surface area contributed by atoms with Gasteiger partial charge in [-0.3, -0.25) is 9.59 Å². The van der Waals surface area contributed by atoms with Gasteiger partial charge < -0.3 is 10.2 Å². The first-order valence-corrected chi connectivity index (χ1v) is 5.76. The van der Waals surface area contributed by atoms with Crippen LogP contribution in [-0.4, -0.2) is 36.9 Å². The number of nitrogens with zero attached hydrogens (tertiary/aromatic N) is 1. The molecule has 1 aliphatic carbocycles. The summed E-state index contributed by atoms with van der Waals surface area (Å²) < 4.78 is 0. The molecule has 0 radical (unpaired) electrons. The van der Waals surface area contributed by atoms with Crippen molar-refractivity contribution in [3.63, 3.8) is 0 Å². The molecule has 0 bridgehead atoms. The zero-order valence-corrected chi connectivity index (χ0v) is 8.95. The van der Waals surface area contributed by atoms with Gasteiger partial charge in [0.25, 0.3) is 0 Å². The van der Waals surface area contributed by atoms with Crippen LogP contribution in [0.5, 0.6) is 0 Å². The normalized spacial score (nSPS) is 26.1. The van der Waals surface area contributed by atoms with E-state index in [2.05, 4.69) is 5.32 Å². The average Bonchev–Trinajstić information content (AvgIpc) is 3.10. The monoisotopic (exact) mass is 210 g/mol. The molecular formula is C11H18N2O2. The van der Waals surface area contributed by atoms with Gasteiger partial charge in [-0.05, 0) is 31.6 Å². The first-order valence-electron chi connectivity index (χ1n) is 5.76. The van der Waals surface area contributed by atoms with Gasteiger partial charge in [-0.25, -0.2) is 0 Å². The fourth-order valence-corrected chi connectivity index (χ4v) is 2.03. The van der Waals surface area contributed by atoms with Crippen LogP contribution in [-0.2, 0) is 9.59 Å². The summed E-state index contributed by atoms with van der Waals surface area (Å²) in [6.45, 7) is 2.23. The van der Waals surface area contributed by atoms with Crippen LogP contribution in [0.1, 0.15) is 25.7 Å². The molecule has 1 unspecified atom stereocenters. The number of piperidine rings is 1. The van der Waals surface area contributed by atoms with Crippen molar-refractivity contribution in [3.05, 3.63) is 0 Å². The minimum atomic E-state index is 0.0164. The number of likely N-dealkylation sites (tertiary alicyclic amines) is 1. The van der Waals surface area contributed by atoms with Crippen molar-refractivity contribution in [3.8, 4) is 0 Å². The molecule has 0 aromatic rings. The van der Waals surface area contributed by atoms with Gasteiger partial charge in [-0.15, -0.1) is 0 Å². The van der Waals surface area contributed by atoms with Crippen LogP contribution in [0.2, 0.25) is 0 Å². The zero-order valence-electron chi connectivity index (χ0n) is 8.95. The van der Waals surface area contributed by atoms with Gasteiger partial charge in [0.2, 0.25) is 12.3 Å². The Bertz CT molecular complexity index is 251. The maximum atomic E-state index is 11.7. The summed E-state index contributed by atoms with van der Waals surface area (Å²) in [5, 5.41) is 2.98. The first kappa shape index (κ1) is 10.5. The highest BCUT2D eigenvalue weighted by atomic mass is 16.2. The lowest BCUT2D eigenvalue weighted by Gasteiger charge is -2.28. The highest BCUT2D eigenvalue weighted by Crippen LogP contribution is 2.27. The smallest absolute Gasteiger partial charge is 0.224 e. The van der Waals surface area contributed by atoms with E-state index in [1.807, 2.05) is 0 Å². The molecule has 4 heteroatoms. The summed E-state index contributed by atoms with van der Waals surface area (Å²) >= 11 is 0. The van der Waals surface area contributed by atoms with Gasteiger partial charge in [-0.2, -0.15) is 0 Å². The number of rotatable bonds is 4. The molecule has 2 amide bonds. The quantitative estimate of drug-likeness (QED) is 0.682. The second-order valence-corrected chi connectivity index (χ2v) is 4.63. The van der Waals surface area contributed by atoms with Crippen LogP contribution in [0, 0.1) is 11.8 Å². The molecule has 0 aromatic carbocycles. The molecule has 2 rings (SSSR count). The van der Waals surface area contributed by atoms with E-state index in [0.717, 1.165) is 38.3 Å². The van der Waals surface area contributed by atoms with E-state index < -0.39 is 0 Å². The van der Waals surface area contributed by atoms with E-state index in [1.165, 1.54) is 12.8 Å². The van der Waals surface area contributed by atoms with Crippen LogP contribution >= 0.6 is 0 Å². The lowest BCUT2D eigenvalue weighted by atomic mass is 9.97. The maximum Gasteiger partial charge on any atom is 0.224 e. The van der Waals surface area contributed by atoms with Crippen molar-refractivity contribution >= 4 is 12.3 Å². The Morgan fingerprint density at radius 2 is 2.20 bits per heavy atom. The number of carbonyl (C=O) groups is 2. The minimum absolute atomic E-state index is 0.0164. The standard InChI is InChI=1S/C11H18N2O2/c14-8-13-5-1-2-10(7-13)11(15)12-6-9-3-4-9/h8-10H,1-7H2,(H,12,15). The fourth-order valence-electron chi connectivity index (χ4n) is 2.03. The molecule has 4 nitrogen and oxygen atoms in total. The number of nitrogens with one attached hydrogen (secondary N) is 1. The van der Waals surface area contributed by atoms with Gasteiger partial charge in [0.1, 0.15) is 0 Å². The van der Waals surface area contributed by atoms with Crippen molar-refractivity contribution in [1.29, 1.82) is 0 Å². The largest absolute Gasteiger partial charge is 0.356 e. The summed E-state index contributed by atoms with van der Waals surface area (Å²) in [4.78, 5) is 24.0. The number of hydrogen-bond acceptors (Lipinski definition) is 2. The molecule has 1 N–H and O–H groups in total. The molecule has 1 saturated heterocycles. The number of amides is 2. The molecule has 0 spiro atoms. The number of hydrogen-bond donors (Lipinski definition) is 1. The van der Waals surface area contributed by atoms with Crippen molar-refractivity contribution < 1.29 is 9.59 Å². The summed E-state index contributed by atoms with van der Waals surface area (Å²) in [7, 11) is 0. The van der Waals surface area contributed by atoms with E-state index >= 15 is 0 Å². The molecule has 15 heavy (non-hydrogen) atoms. The van der Waals surface area contributed by atoms with Crippen LogP contribution in [0.3, 0.4) is 0 Å². The third-order valence-corrected chi connectivity index (χ3v) is 3.23. The summed E-state index contributed by atoms with van der Waals surface area (Å²) in [5.74, 6) is 0.871. The Balaban J connectivity index is 1.74.